The van der Waals surface area contributed by atoms with Crippen LogP contribution < -0.4 is 4.90 Å². The first-order valence-corrected chi connectivity index (χ1v) is 13.3. The van der Waals surface area contributed by atoms with Crippen molar-refractivity contribution in [3.63, 3.8) is 0 Å². The topological polar surface area (TPSA) is 8.17 Å². The van der Waals surface area contributed by atoms with Crippen LogP contribution in [-0.2, 0) is 0 Å². The lowest BCUT2D eigenvalue weighted by Crippen LogP contribution is -2.15. The van der Waals surface area contributed by atoms with Crippen LogP contribution in [0.1, 0.15) is 23.5 Å². The molecule has 2 heterocycles. The van der Waals surface area contributed by atoms with Crippen molar-refractivity contribution in [1.29, 1.82) is 0 Å². The van der Waals surface area contributed by atoms with Crippen molar-refractivity contribution >= 4 is 38.8 Å². The monoisotopic (exact) mass is 486 g/mol. The summed E-state index contributed by atoms with van der Waals surface area (Å²) in [5, 5.41) is 2.60. The van der Waals surface area contributed by atoms with Crippen LogP contribution in [0.2, 0.25) is 0 Å². The Balaban J connectivity index is 1.27. The van der Waals surface area contributed by atoms with E-state index >= 15 is 0 Å². The highest BCUT2D eigenvalue weighted by Crippen LogP contribution is 2.52. The van der Waals surface area contributed by atoms with E-state index < -0.39 is 0 Å². The van der Waals surface area contributed by atoms with Crippen LogP contribution in [0.15, 0.2) is 145 Å². The molecule has 8 rings (SSSR count). The van der Waals surface area contributed by atoms with Crippen LogP contribution in [0.3, 0.4) is 0 Å². The van der Waals surface area contributed by atoms with Gasteiger partial charge < -0.3 is 9.47 Å². The number of anilines is 2. The molecular weight excluding hydrogens is 460 g/mol. The summed E-state index contributed by atoms with van der Waals surface area (Å²) in [5.74, 6) is 0.354. The molecule has 6 aromatic rings. The number of hydrogen-bond acceptors (Lipinski definition) is 1. The van der Waals surface area contributed by atoms with Gasteiger partial charge >= 0.3 is 0 Å². The highest BCUT2D eigenvalue weighted by atomic mass is 15.2. The van der Waals surface area contributed by atoms with Gasteiger partial charge in [0.1, 0.15) is 0 Å². The molecule has 2 nitrogen and oxygen atoms in total. The number of aromatic nitrogens is 1. The molecule has 38 heavy (non-hydrogen) atoms. The average molecular weight is 487 g/mol. The predicted octanol–water partition coefficient (Wildman–Crippen LogP) is 9.39. The largest absolute Gasteiger partial charge is 0.313 e. The molecule has 0 N–H and O–H groups in total. The Morgan fingerprint density at radius 3 is 2.08 bits per heavy atom. The molecule has 0 amide bonds. The van der Waals surface area contributed by atoms with Gasteiger partial charge in [0.25, 0.3) is 0 Å². The van der Waals surface area contributed by atoms with Gasteiger partial charge in [0.05, 0.1) is 11.0 Å². The summed E-state index contributed by atoms with van der Waals surface area (Å²) in [5.41, 5.74) is 11.7. The second kappa shape index (κ2) is 8.36. The van der Waals surface area contributed by atoms with E-state index in [4.69, 9.17) is 0 Å². The molecule has 1 aliphatic carbocycles. The van der Waals surface area contributed by atoms with Crippen molar-refractivity contribution in [3.8, 4) is 5.69 Å². The lowest BCUT2D eigenvalue weighted by Gasteiger charge is -2.26. The summed E-state index contributed by atoms with van der Waals surface area (Å²) in [6.45, 7) is 0. The van der Waals surface area contributed by atoms with Crippen molar-refractivity contribution in [2.24, 2.45) is 0 Å². The minimum Gasteiger partial charge on any atom is -0.313 e. The van der Waals surface area contributed by atoms with Crippen LogP contribution in [-0.4, -0.2) is 4.57 Å². The van der Waals surface area contributed by atoms with E-state index in [1.165, 1.54) is 61.3 Å². The minimum absolute atomic E-state index is 0.354. The molecule has 0 fully saturated rings. The molecule has 5 aromatic carbocycles. The Morgan fingerprint density at radius 1 is 0.553 bits per heavy atom. The smallest absolute Gasteiger partial charge is 0.0541 e. The molecule has 0 radical (unpaired) electrons. The standard InChI is InChI=1S/C36H26N2/c1-3-11-27(12-4-1)37-33-17-9-7-15-29(33)31-23-25(19-21-35(31)37)26-20-22-36-32(24-26)30-16-8-10-18-34(30)38(36)28-13-5-2-6-14-28/h1-23,32H,24H2. The number of hydrogen-bond donors (Lipinski definition) is 0. The minimum atomic E-state index is 0.354. The zero-order valence-corrected chi connectivity index (χ0v) is 21.0. The maximum absolute atomic E-state index is 2.43. The fraction of sp³-hybridized carbons (Fsp3) is 0.0556. The fourth-order valence-electron chi connectivity index (χ4n) is 6.43. The summed E-state index contributed by atoms with van der Waals surface area (Å²) in [6.07, 6.45) is 5.67. The van der Waals surface area contributed by atoms with Gasteiger partial charge in [-0.3, -0.25) is 0 Å². The highest BCUT2D eigenvalue weighted by molar-refractivity contribution is 6.10. The molecule has 2 heteroatoms. The van der Waals surface area contributed by atoms with E-state index in [0.29, 0.717) is 5.92 Å². The van der Waals surface area contributed by atoms with E-state index in [0.717, 1.165) is 6.42 Å². The zero-order chi connectivity index (χ0) is 25.1. The fourth-order valence-corrected chi connectivity index (χ4v) is 6.43. The van der Waals surface area contributed by atoms with Gasteiger partial charge in [-0.05, 0) is 77.7 Å². The Morgan fingerprint density at radius 2 is 1.24 bits per heavy atom. The molecular formula is C36H26N2. The van der Waals surface area contributed by atoms with Gasteiger partial charge in [-0.25, -0.2) is 0 Å². The van der Waals surface area contributed by atoms with Crippen LogP contribution in [0.4, 0.5) is 11.4 Å². The first-order valence-electron chi connectivity index (χ1n) is 13.3. The zero-order valence-electron chi connectivity index (χ0n) is 21.0. The maximum Gasteiger partial charge on any atom is 0.0541 e. The summed E-state index contributed by atoms with van der Waals surface area (Å²) in [6, 6.07) is 46.1. The molecule has 0 bridgehead atoms. The van der Waals surface area contributed by atoms with Gasteiger partial charge in [0.15, 0.2) is 0 Å². The third kappa shape index (κ3) is 3.13. The number of para-hydroxylation sites is 4. The van der Waals surface area contributed by atoms with Gasteiger partial charge in [-0.1, -0.05) is 84.9 Å². The number of nitrogens with zero attached hydrogens (tertiary/aromatic N) is 2. The van der Waals surface area contributed by atoms with Crippen LogP contribution in [0.25, 0.3) is 33.1 Å². The van der Waals surface area contributed by atoms with Gasteiger partial charge in [-0.2, -0.15) is 0 Å². The molecule has 2 aliphatic rings. The molecule has 180 valence electrons. The van der Waals surface area contributed by atoms with E-state index in [1.807, 2.05) is 0 Å². The number of allylic oxidation sites excluding steroid dienone is 4. The molecule has 1 aliphatic heterocycles. The van der Waals surface area contributed by atoms with Crippen molar-refractivity contribution in [2.45, 2.75) is 12.3 Å². The average Bonchev–Trinajstić information content (AvgIpc) is 3.50. The summed E-state index contributed by atoms with van der Waals surface area (Å²) >= 11 is 0. The van der Waals surface area contributed by atoms with Crippen molar-refractivity contribution in [2.75, 3.05) is 4.90 Å². The number of fused-ring (bicyclic) bond motifs is 6. The SMILES string of the molecule is C1=C(c2ccc3c(c2)c2ccccc2n3-c2ccccc2)CC2C(=C1)N(c1ccccc1)c1ccccc12. The molecule has 0 spiro atoms. The second-order valence-corrected chi connectivity index (χ2v) is 10.2. The predicted molar refractivity (Wildman–Crippen MR) is 159 cm³/mol. The van der Waals surface area contributed by atoms with Gasteiger partial charge in [0, 0.05) is 39.4 Å². The lowest BCUT2D eigenvalue weighted by atomic mass is 9.84. The van der Waals surface area contributed by atoms with E-state index in [-0.39, 0.29) is 0 Å². The normalized spacial score (nSPS) is 16.3. The Hall–Kier alpha value is -4.82. The van der Waals surface area contributed by atoms with Gasteiger partial charge in [0.2, 0.25) is 0 Å². The molecule has 1 atom stereocenters. The second-order valence-electron chi connectivity index (χ2n) is 10.2. The van der Waals surface area contributed by atoms with Crippen LogP contribution >= 0.6 is 0 Å². The van der Waals surface area contributed by atoms with Crippen molar-refractivity contribution in [3.05, 3.63) is 156 Å². The number of benzene rings is 5. The Kier molecular flexibility index (Phi) is 4.68. The maximum atomic E-state index is 2.43. The Labute approximate surface area is 222 Å². The van der Waals surface area contributed by atoms with E-state index in [1.54, 1.807) is 0 Å². The highest BCUT2D eigenvalue weighted by Gasteiger charge is 2.36. The first kappa shape index (κ1) is 21.3. The third-order valence-corrected chi connectivity index (χ3v) is 8.12. The molecule has 0 saturated carbocycles. The summed E-state index contributed by atoms with van der Waals surface area (Å²) in [4.78, 5) is 2.43. The van der Waals surface area contributed by atoms with E-state index in [2.05, 4.69) is 149 Å². The number of rotatable bonds is 3. The molecule has 0 saturated heterocycles. The van der Waals surface area contributed by atoms with Crippen molar-refractivity contribution < 1.29 is 0 Å². The van der Waals surface area contributed by atoms with Crippen LogP contribution in [0, 0.1) is 0 Å². The third-order valence-electron chi connectivity index (χ3n) is 8.12. The molecule has 1 aromatic heterocycles. The molecule has 1 unspecified atom stereocenters. The quantitative estimate of drug-likeness (QED) is 0.242. The summed E-state index contributed by atoms with van der Waals surface area (Å²) in [7, 11) is 0. The van der Waals surface area contributed by atoms with Crippen LogP contribution in [0.5, 0.6) is 0 Å². The van der Waals surface area contributed by atoms with Gasteiger partial charge in [-0.15, -0.1) is 0 Å². The first-order chi connectivity index (χ1) is 18.9. The van der Waals surface area contributed by atoms with E-state index in [9.17, 15) is 0 Å². The van der Waals surface area contributed by atoms with Crippen molar-refractivity contribution in [1.82, 2.24) is 4.57 Å². The Bertz CT molecular complexity index is 1890. The summed E-state index contributed by atoms with van der Waals surface area (Å²) < 4.78 is 2.38. The lowest BCUT2D eigenvalue weighted by molar-refractivity contribution is 0.832.